The smallest absolute Gasteiger partial charge is 0.183 e. The molecule has 0 aromatic carbocycles. The predicted octanol–water partition coefficient (Wildman–Crippen LogP) is 4.44. The number of thiazole rings is 1. The van der Waals surface area contributed by atoms with Gasteiger partial charge in [0.1, 0.15) is 11.0 Å². The average Bonchev–Trinajstić information content (AvgIpc) is 2.92. The molecule has 22 heavy (non-hydrogen) atoms. The normalized spacial score (nSPS) is 10.6. The highest BCUT2D eigenvalue weighted by Gasteiger charge is 2.04. The van der Waals surface area contributed by atoms with Crippen molar-refractivity contribution in [2.24, 2.45) is 0 Å². The van der Waals surface area contributed by atoms with Crippen LogP contribution in [0, 0.1) is 0 Å². The van der Waals surface area contributed by atoms with E-state index in [9.17, 15) is 0 Å². The number of nitrogens with zero attached hydrogens (tertiary/aromatic N) is 3. The third-order valence-electron chi connectivity index (χ3n) is 2.95. The molecule has 3 aromatic rings. The van der Waals surface area contributed by atoms with Gasteiger partial charge in [0.05, 0.1) is 0 Å². The molecule has 0 saturated heterocycles. The molecule has 0 unspecified atom stereocenters. The third kappa shape index (κ3) is 4.16. The van der Waals surface area contributed by atoms with Crippen LogP contribution >= 0.6 is 34.5 Å². The highest BCUT2D eigenvalue weighted by molar-refractivity contribution is 7.15. The fraction of sp³-hybridized carbons (Fsp3) is 0.133. The van der Waals surface area contributed by atoms with E-state index >= 15 is 0 Å². The molecular formula is C15H12Cl2N4S. The predicted molar refractivity (Wildman–Crippen MR) is 90.7 cm³/mol. The fourth-order valence-electron chi connectivity index (χ4n) is 1.92. The van der Waals surface area contributed by atoms with Crippen LogP contribution in [0.3, 0.4) is 0 Å². The minimum Gasteiger partial charge on any atom is -0.366 e. The van der Waals surface area contributed by atoms with Gasteiger partial charge in [-0.1, -0.05) is 35.3 Å². The van der Waals surface area contributed by atoms with Crippen LogP contribution in [0.15, 0.2) is 42.7 Å². The molecule has 0 saturated carbocycles. The van der Waals surface area contributed by atoms with Gasteiger partial charge in [0.15, 0.2) is 4.47 Å². The molecule has 0 amide bonds. The molecule has 0 aliphatic carbocycles. The van der Waals surface area contributed by atoms with Crippen LogP contribution in [0.4, 0.5) is 5.82 Å². The molecule has 4 nitrogen and oxygen atoms in total. The summed E-state index contributed by atoms with van der Waals surface area (Å²) in [5, 5.41) is 3.77. The minimum absolute atomic E-state index is 0.493. The molecule has 0 bridgehead atoms. The van der Waals surface area contributed by atoms with Gasteiger partial charge in [-0.25, -0.2) is 15.0 Å². The van der Waals surface area contributed by atoms with E-state index in [-0.39, 0.29) is 0 Å². The lowest BCUT2D eigenvalue weighted by atomic mass is 10.2. The van der Waals surface area contributed by atoms with Gasteiger partial charge >= 0.3 is 0 Å². The van der Waals surface area contributed by atoms with Crippen molar-refractivity contribution in [3.8, 4) is 0 Å². The summed E-state index contributed by atoms with van der Waals surface area (Å²) in [5.74, 6) is 0.822. The first-order valence-corrected chi connectivity index (χ1v) is 8.17. The van der Waals surface area contributed by atoms with E-state index in [0.29, 0.717) is 16.2 Å². The molecule has 3 aromatic heterocycles. The quantitative estimate of drug-likeness (QED) is 0.691. The summed E-state index contributed by atoms with van der Waals surface area (Å²) >= 11 is 13.1. The van der Waals surface area contributed by atoms with Crippen LogP contribution in [0.2, 0.25) is 9.62 Å². The Morgan fingerprint density at radius 2 is 1.95 bits per heavy atom. The lowest BCUT2D eigenvalue weighted by Crippen LogP contribution is -2.03. The second kappa shape index (κ2) is 7.05. The second-order valence-electron chi connectivity index (χ2n) is 4.61. The van der Waals surface area contributed by atoms with Crippen LogP contribution in [0.25, 0.3) is 0 Å². The summed E-state index contributed by atoms with van der Waals surface area (Å²) in [6.07, 6.45) is 4.26. The zero-order valence-corrected chi connectivity index (χ0v) is 13.8. The Bertz CT molecular complexity index is 758. The van der Waals surface area contributed by atoms with Crippen molar-refractivity contribution in [1.29, 1.82) is 0 Å². The first kappa shape index (κ1) is 15.2. The van der Waals surface area contributed by atoms with E-state index in [0.717, 1.165) is 28.4 Å². The van der Waals surface area contributed by atoms with Gasteiger partial charge in [0.2, 0.25) is 0 Å². The Kier molecular flexibility index (Phi) is 4.87. The number of nitrogens with one attached hydrogen (secondary N) is 1. The Hall–Kier alpha value is -1.69. The highest BCUT2D eigenvalue weighted by Crippen LogP contribution is 2.20. The first-order chi connectivity index (χ1) is 10.7. The average molecular weight is 351 g/mol. The molecule has 0 atom stereocenters. The van der Waals surface area contributed by atoms with Crippen LogP contribution < -0.4 is 5.32 Å². The van der Waals surface area contributed by atoms with Gasteiger partial charge < -0.3 is 5.32 Å². The van der Waals surface area contributed by atoms with E-state index in [1.807, 2.05) is 24.3 Å². The molecule has 0 aliphatic rings. The number of anilines is 1. The van der Waals surface area contributed by atoms with Crippen molar-refractivity contribution >= 4 is 40.4 Å². The maximum absolute atomic E-state index is 5.85. The van der Waals surface area contributed by atoms with E-state index in [2.05, 4.69) is 20.3 Å². The van der Waals surface area contributed by atoms with E-state index in [1.54, 1.807) is 18.5 Å². The Labute approximate surface area is 142 Å². The van der Waals surface area contributed by atoms with Crippen LogP contribution in [0.1, 0.15) is 16.1 Å². The van der Waals surface area contributed by atoms with Crippen molar-refractivity contribution in [2.45, 2.75) is 13.0 Å². The minimum atomic E-state index is 0.493. The maximum Gasteiger partial charge on any atom is 0.183 e. The first-order valence-electron chi connectivity index (χ1n) is 6.59. The van der Waals surface area contributed by atoms with Gasteiger partial charge in [0.25, 0.3) is 0 Å². The molecule has 0 fully saturated rings. The molecule has 3 heterocycles. The Morgan fingerprint density at radius 1 is 1.05 bits per heavy atom. The van der Waals surface area contributed by atoms with E-state index in [1.165, 1.54) is 11.3 Å². The number of hydrogen-bond acceptors (Lipinski definition) is 5. The monoisotopic (exact) mass is 350 g/mol. The van der Waals surface area contributed by atoms with E-state index in [4.69, 9.17) is 23.2 Å². The van der Waals surface area contributed by atoms with Gasteiger partial charge in [-0.2, -0.15) is 0 Å². The van der Waals surface area contributed by atoms with Crippen molar-refractivity contribution in [3.63, 3.8) is 0 Å². The summed E-state index contributed by atoms with van der Waals surface area (Å²) < 4.78 is 0.555. The lowest BCUT2D eigenvalue weighted by molar-refractivity contribution is 1.04. The summed E-state index contributed by atoms with van der Waals surface area (Å²) in [5.41, 5.74) is 2.02. The largest absolute Gasteiger partial charge is 0.366 e. The topological polar surface area (TPSA) is 50.7 Å². The van der Waals surface area contributed by atoms with Crippen LogP contribution in [-0.4, -0.2) is 15.0 Å². The molecule has 3 rings (SSSR count). The number of aromatic nitrogens is 3. The number of hydrogen-bond donors (Lipinski definition) is 1. The Balaban J connectivity index is 1.64. The van der Waals surface area contributed by atoms with Gasteiger partial charge in [-0.3, -0.25) is 0 Å². The summed E-state index contributed by atoms with van der Waals surface area (Å²) in [6.45, 7) is 0.646. The van der Waals surface area contributed by atoms with E-state index < -0.39 is 0 Å². The molecule has 1 N–H and O–H groups in total. The van der Waals surface area contributed by atoms with Crippen LogP contribution in [0.5, 0.6) is 0 Å². The molecule has 7 heteroatoms. The van der Waals surface area contributed by atoms with Gasteiger partial charge in [-0.15, -0.1) is 11.3 Å². The molecule has 0 spiro atoms. The highest BCUT2D eigenvalue weighted by atomic mass is 35.5. The standard InChI is InChI=1S/C15H12Cl2N4S/c16-13-5-4-10(7-18-13)8-19-14-3-1-2-11(21-14)6-12-9-20-15(17)22-12/h1-5,7,9H,6,8H2,(H,19,21). The third-order valence-corrected chi connectivity index (χ3v) is 4.29. The summed E-state index contributed by atoms with van der Waals surface area (Å²) in [7, 11) is 0. The van der Waals surface area contributed by atoms with Gasteiger partial charge in [-0.05, 0) is 23.8 Å². The fourth-order valence-corrected chi connectivity index (χ4v) is 3.03. The number of halogens is 2. The lowest BCUT2D eigenvalue weighted by Gasteiger charge is -2.07. The molecule has 112 valence electrons. The summed E-state index contributed by atoms with van der Waals surface area (Å²) in [6, 6.07) is 9.62. The van der Waals surface area contributed by atoms with Crippen molar-refractivity contribution in [3.05, 3.63) is 68.5 Å². The molecular weight excluding hydrogens is 339 g/mol. The van der Waals surface area contributed by atoms with Crippen molar-refractivity contribution in [1.82, 2.24) is 15.0 Å². The summed E-state index contributed by atoms with van der Waals surface area (Å²) in [4.78, 5) is 13.8. The van der Waals surface area contributed by atoms with Gasteiger partial charge in [0, 0.05) is 35.9 Å². The molecule has 0 aliphatic heterocycles. The van der Waals surface area contributed by atoms with Crippen molar-refractivity contribution < 1.29 is 0 Å². The second-order valence-corrected chi connectivity index (χ2v) is 6.70. The zero-order chi connectivity index (χ0) is 15.4. The van der Waals surface area contributed by atoms with Crippen molar-refractivity contribution in [2.75, 3.05) is 5.32 Å². The number of rotatable bonds is 5. The molecule has 0 radical (unpaired) electrons. The van der Waals surface area contributed by atoms with Crippen LogP contribution in [-0.2, 0) is 13.0 Å². The zero-order valence-electron chi connectivity index (χ0n) is 11.5. The SMILES string of the molecule is Clc1ccc(CNc2cccc(Cc3cnc(Cl)s3)n2)cn1. The number of pyridine rings is 2. The maximum atomic E-state index is 5.85. The Morgan fingerprint density at radius 3 is 2.68 bits per heavy atom.